The molecule has 0 amide bonds. The molecule has 136 valence electrons. The summed E-state index contributed by atoms with van der Waals surface area (Å²) in [6.45, 7) is 8.58. The molecule has 0 unspecified atom stereocenters. The first-order chi connectivity index (χ1) is 11.7. The van der Waals surface area contributed by atoms with Gasteiger partial charge in [-0.1, -0.05) is 36.4 Å². The number of aryl methyl sites for hydroxylation is 1. The monoisotopic (exact) mass is 361 g/mol. The summed E-state index contributed by atoms with van der Waals surface area (Å²) in [6.07, 6.45) is 0. The second-order valence-electron chi connectivity index (χ2n) is 7.10. The van der Waals surface area contributed by atoms with Gasteiger partial charge >= 0.3 is 0 Å². The van der Waals surface area contributed by atoms with Crippen LogP contribution >= 0.6 is 0 Å². The fourth-order valence-corrected chi connectivity index (χ4v) is 4.12. The Hall–Kier alpha value is -1.89. The summed E-state index contributed by atoms with van der Waals surface area (Å²) in [7, 11) is -3.56. The molecule has 0 heterocycles. The maximum absolute atomic E-state index is 12.6. The molecule has 5 nitrogen and oxygen atoms in total. The molecule has 0 aliphatic rings. The van der Waals surface area contributed by atoms with Crippen molar-refractivity contribution < 1.29 is 8.42 Å². The van der Waals surface area contributed by atoms with Crippen LogP contribution in [-0.4, -0.2) is 20.6 Å². The van der Waals surface area contributed by atoms with E-state index < -0.39 is 15.6 Å². The van der Waals surface area contributed by atoms with Gasteiger partial charge in [0.05, 0.1) is 11.6 Å². The van der Waals surface area contributed by atoms with E-state index in [-0.39, 0.29) is 0 Å². The van der Waals surface area contributed by atoms with Gasteiger partial charge in [0.1, 0.15) is 0 Å². The largest absolute Gasteiger partial charge is 0.372 e. The Bertz CT molecular complexity index is 797. The van der Waals surface area contributed by atoms with E-state index in [0.29, 0.717) is 11.6 Å². The minimum Gasteiger partial charge on any atom is -0.372 e. The van der Waals surface area contributed by atoms with E-state index >= 15 is 0 Å². The first-order valence-corrected chi connectivity index (χ1v) is 9.79. The van der Waals surface area contributed by atoms with E-state index in [2.05, 4.69) is 27.5 Å². The summed E-state index contributed by atoms with van der Waals surface area (Å²) in [5.74, 6) is 0. The lowest BCUT2D eigenvalue weighted by Gasteiger charge is -2.21. The highest BCUT2D eigenvalue weighted by Gasteiger charge is 2.23. The average molecular weight is 362 g/mol. The topological polar surface area (TPSA) is 70.2 Å². The summed E-state index contributed by atoms with van der Waals surface area (Å²) in [6, 6.07) is 15.5. The molecule has 3 N–H and O–H groups in total. The highest BCUT2D eigenvalue weighted by Crippen LogP contribution is 2.21. The molecule has 0 atom stereocenters. The van der Waals surface area contributed by atoms with Gasteiger partial charge in [-0.3, -0.25) is 5.32 Å². The normalized spacial score (nSPS) is 12.2. The van der Waals surface area contributed by atoms with Crippen molar-refractivity contribution in [3.8, 4) is 0 Å². The van der Waals surface area contributed by atoms with E-state index in [1.54, 1.807) is 13.0 Å². The van der Waals surface area contributed by atoms with Gasteiger partial charge in [0.2, 0.25) is 10.0 Å². The van der Waals surface area contributed by atoms with Crippen molar-refractivity contribution >= 4 is 15.7 Å². The molecular weight excluding hydrogens is 334 g/mol. The molecule has 0 aliphatic carbocycles. The Morgan fingerprint density at radius 3 is 2.32 bits per heavy atom. The zero-order valence-electron chi connectivity index (χ0n) is 15.3. The SMILES string of the molecule is Cc1ccc(NCNCc2ccccc2)cc1S(=O)(=O)NC(C)(C)C. The predicted octanol–water partition coefficient (Wildman–Crippen LogP) is 3.23. The van der Waals surface area contributed by atoms with E-state index in [4.69, 9.17) is 0 Å². The molecule has 0 fully saturated rings. The van der Waals surface area contributed by atoms with Crippen LogP contribution in [0.25, 0.3) is 0 Å². The Labute approximate surface area is 150 Å². The molecule has 0 radical (unpaired) electrons. The van der Waals surface area contributed by atoms with Crippen LogP contribution in [0, 0.1) is 6.92 Å². The highest BCUT2D eigenvalue weighted by molar-refractivity contribution is 7.89. The van der Waals surface area contributed by atoms with Gasteiger partial charge in [-0.25, -0.2) is 13.1 Å². The van der Waals surface area contributed by atoms with Gasteiger partial charge in [-0.2, -0.15) is 0 Å². The minimum atomic E-state index is -3.56. The molecule has 2 aromatic carbocycles. The fraction of sp³-hybridized carbons (Fsp3) is 0.368. The average Bonchev–Trinajstić information content (AvgIpc) is 2.51. The van der Waals surface area contributed by atoms with Gasteiger partial charge in [0, 0.05) is 17.8 Å². The Kier molecular flexibility index (Phi) is 6.21. The molecule has 0 saturated carbocycles. The van der Waals surface area contributed by atoms with Crippen molar-refractivity contribution in [2.75, 3.05) is 12.0 Å². The number of hydrogen-bond acceptors (Lipinski definition) is 4. The molecule has 25 heavy (non-hydrogen) atoms. The second kappa shape index (κ2) is 7.99. The van der Waals surface area contributed by atoms with Gasteiger partial charge in [0.25, 0.3) is 0 Å². The van der Waals surface area contributed by atoms with Gasteiger partial charge in [-0.15, -0.1) is 0 Å². The fourth-order valence-electron chi connectivity index (χ4n) is 2.42. The van der Waals surface area contributed by atoms with Gasteiger partial charge in [0.15, 0.2) is 0 Å². The summed E-state index contributed by atoms with van der Waals surface area (Å²) >= 11 is 0. The molecular formula is C19H27N3O2S. The van der Waals surface area contributed by atoms with E-state index in [1.165, 1.54) is 5.56 Å². The van der Waals surface area contributed by atoms with Crippen LogP contribution in [-0.2, 0) is 16.6 Å². The minimum absolute atomic E-state index is 0.301. The number of rotatable bonds is 7. The van der Waals surface area contributed by atoms with Crippen LogP contribution in [0.1, 0.15) is 31.9 Å². The van der Waals surface area contributed by atoms with Crippen LogP contribution in [0.4, 0.5) is 5.69 Å². The zero-order chi connectivity index (χ0) is 18.5. The third-order valence-corrected chi connectivity index (χ3v) is 5.41. The number of anilines is 1. The van der Waals surface area contributed by atoms with Crippen molar-refractivity contribution in [3.63, 3.8) is 0 Å². The predicted molar refractivity (Wildman–Crippen MR) is 103 cm³/mol. The molecule has 0 saturated heterocycles. The smallest absolute Gasteiger partial charge is 0.241 e. The van der Waals surface area contributed by atoms with Crippen LogP contribution in [0.15, 0.2) is 53.4 Å². The molecule has 0 bridgehead atoms. The number of nitrogens with one attached hydrogen (secondary N) is 3. The Balaban J connectivity index is 2.01. The van der Waals surface area contributed by atoms with E-state index in [1.807, 2.05) is 51.1 Å². The lowest BCUT2D eigenvalue weighted by molar-refractivity contribution is 0.491. The Morgan fingerprint density at radius 1 is 1.00 bits per heavy atom. The number of hydrogen-bond donors (Lipinski definition) is 3. The highest BCUT2D eigenvalue weighted by atomic mass is 32.2. The summed E-state index contributed by atoms with van der Waals surface area (Å²) < 4.78 is 27.9. The van der Waals surface area contributed by atoms with Crippen LogP contribution in [0.5, 0.6) is 0 Å². The van der Waals surface area contributed by atoms with Gasteiger partial charge < -0.3 is 5.32 Å². The maximum atomic E-state index is 12.6. The number of sulfonamides is 1. The Morgan fingerprint density at radius 2 is 1.68 bits per heavy atom. The van der Waals surface area contributed by atoms with Crippen molar-refractivity contribution in [3.05, 3.63) is 59.7 Å². The van der Waals surface area contributed by atoms with E-state index in [9.17, 15) is 8.42 Å². The van der Waals surface area contributed by atoms with Crippen LogP contribution in [0.3, 0.4) is 0 Å². The molecule has 0 aromatic heterocycles. The maximum Gasteiger partial charge on any atom is 0.241 e. The molecule has 2 aromatic rings. The first kappa shape index (κ1) is 19.4. The standard InChI is InChI=1S/C19H27N3O2S/c1-15-10-11-17(12-18(15)25(23,24)22-19(2,3)4)21-14-20-13-16-8-6-5-7-9-16/h5-12,20-22H,13-14H2,1-4H3. The number of benzene rings is 2. The molecule has 0 aliphatic heterocycles. The van der Waals surface area contributed by atoms with Crippen molar-refractivity contribution in [1.82, 2.24) is 10.0 Å². The third-order valence-electron chi connectivity index (χ3n) is 3.51. The summed E-state index contributed by atoms with van der Waals surface area (Å²) in [5.41, 5.74) is 2.16. The quantitative estimate of drug-likeness (QED) is 0.523. The molecule has 0 spiro atoms. The van der Waals surface area contributed by atoms with Crippen molar-refractivity contribution in [2.24, 2.45) is 0 Å². The second-order valence-corrected chi connectivity index (χ2v) is 8.75. The first-order valence-electron chi connectivity index (χ1n) is 8.30. The zero-order valence-corrected chi connectivity index (χ0v) is 16.1. The summed E-state index contributed by atoms with van der Waals surface area (Å²) in [4.78, 5) is 0.301. The summed E-state index contributed by atoms with van der Waals surface area (Å²) in [5, 5.41) is 6.50. The molecule has 2 rings (SSSR count). The van der Waals surface area contributed by atoms with Crippen molar-refractivity contribution in [1.29, 1.82) is 0 Å². The van der Waals surface area contributed by atoms with E-state index in [0.717, 1.165) is 17.8 Å². The molecule has 6 heteroatoms. The lowest BCUT2D eigenvalue weighted by Crippen LogP contribution is -2.40. The van der Waals surface area contributed by atoms with Crippen LogP contribution < -0.4 is 15.4 Å². The lowest BCUT2D eigenvalue weighted by atomic mass is 10.1. The van der Waals surface area contributed by atoms with Gasteiger partial charge in [-0.05, 0) is 51.0 Å². The van der Waals surface area contributed by atoms with Crippen molar-refractivity contribution in [2.45, 2.75) is 44.7 Å². The third kappa shape index (κ3) is 6.16. The van der Waals surface area contributed by atoms with Crippen LogP contribution in [0.2, 0.25) is 0 Å².